The number of ether oxygens (including phenoxy) is 1. The lowest BCUT2D eigenvalue weighted by atomic mass is 10.1. The third kappa shape index (κ3) is 6.98. The van der Waals surface area contributed by atoms with Crippen LogP contribution in [0.3, 0.4) is 0 Å². The number of carbonyl (C=O) groups is 1. The molecule has 30 heavy (non-hydrogen) atoms. The van der Waals surface area contributed by atoms with Gasteiger partial charge >= 0.3 is 6.18 Å². The molecule has 0 aliphatic rings. The second-order valence-electron chi connectivity index (χ2n) is 6.22. The minimum absolute atomic E-state index is 0.165. The Balaban J connectivity index is 1.76. The van der Waals surface area contributed by atoms with E-state index >= 15 is 0 Å². The Kier molecular flexibility index (Phi) is 8.52. The molecule has 0 saturated heterocycles. The number of benzene rings is 2. The lowest BCUT2D eigenvalue weighted by Crippen LogP contribution is -2.41. The van der Waals surface area contributed by atoms with Crippen molar-refractivity contribution in [3.63, 3.8) is 0 Å². The summed E-state index contributed by atoms with van der Waals surface area (Å²) in [7, 11) is 1.63. The number of halogens is 3. The lowest BCUT2D eigenvalue weighted by molar-refractivity contribution is -0.137. The van der Waals surface area contributed by atoms with E-state index in [-0.39, 0.29) is 12.1 Å². The second-order valence-corrected chi connectivity index (χ2v) is 6.22. The van der Waals surface area contributed by atoms with Gasteiger partial charge < -0.3 is 20.7 Å². The molecule has 0 aliphatic heterocycles. The number of para-hydroxylation sites is 1. The van der Waals surface area contributed by atoms with Crippen LogP contribution in [0.1, 0.15) is 28.4 Å². The summed E-state index contributed by atoms with van der Waals surface area (Å²) in [5.74, 6) is 0.899. The highest BCUT2D eigenvalue weighted by molar-refractivity contribution is 5.94. The number of amides is 1. The van der Waals surface area contributed by atoms with Crippen LogP contribution in [0.2, 0.25) is 0 Å². The van der Waals surface area contributed by atoms with E-state index in [4.69, 9.17) is 4.74 Å². The molecule has 0 saturated carbocycles. The Bertz CT molecular complexity index is 852. The molecule has 2 aromatic rings. The van der Waals surface area contributed by atoms with Crippen molar-refractivity contribution in [2.24, 2.45) is 4.99 Å². The molecule has 0 radical (unpaired) electrons. The molecule has 0 unspecified atom stereocenters. The van der Waals surface area contributed by atoms with E-state index in [0.717, 1.165) is 35.6 Å². The van der Waals surface area contributed by atoms with Crippen LogP contribution in [0.5, 0.6) is 5.75 Å². The Morgan fingerprint density at radius 3 is 2.30 bits per heavy atom. The maximum atomic E-state index is 12.6. The zero-order valence-corrected chi connectivity index (χ0v) is 16.8. The van der Waals surface area contributed by atoms with Crippen LogP contribution in [-0.4, -0.2) is 38.6 Å². The van der Waals surface area contributed by atoms with Gasteiger partial charge in [0.25, 0.3) is 5.91 Å². The molecule has 9 heteroatoms. The van der Waals surface area contributed by atoms with Crippen LogP contribution >= 0.6 is 0 Å². The molecule has 0 atom stereocenters. The van der Waals surface area contributed by atoms with Crippen molar-refractivity contribution >= 4 is 11.9 Å². The number of hydrogen-bond acceptors (Lipinski definition) is 3. The third-order valence-electron chi connectivity index (χ3n) is 4.12. The van der Waals surface area contributed by atoms with Gasteiger partial charge in [-0.15, -0.1) is 0 Å². The first-order valence-corrected chi connectivity index (χ1v) is 9.45. The van der Waals surface area contributed by atoms with Gasteiger partial charge in [-0.05, 0) is 37.3 Å². The maximum Gasteiger partial charge on any atom is 0.416 e. The molecule has 1 amide bonds. The van der Waals surface area contributed by atoms with Gasteiger partial charge in [0, 0.05) is 37.8 Å². The van der Waals surface area contributed by atoms with Crippen molar-refractivity contribution in [3.05, 3.63) is 65.2 Å². The average Bonchev–Trinajstić information content (AvgIpc) is 2.73. The fraction of sp³-hybridized carbons (Fsp3) is 0.333. The number of nitrogens with one attached hydrogen (secondary N) is 3. The number of alkyl halides is 3. The number of rotatable bonds is 8. The maximum absolute atomic E-state index is 12.6. The standard InChI is InChI=1S/C21H25F3N4O2/c1-3-30-18-7-5-4-6-16(18)14-28-20(25-2)27-13-12-26-19(29)15-8-10-17(11-9-15)21(22,23)24/h4-11H,3,12-14H2,1-2H3,(H,26,29)(H2,25,27,28). The summed E-state index contributed by atoms with van der Waals surface area (Å²) in [6.07, 6.45) is -4.43. The monoisotopic (exact) mass is 422 g/mol. The van der Waals surface area contributed by atoms with Gasteiger partial charge in [-0.2, -0.15) is 13.2 Å². The first-order chi connectivity index (χ1) is 14.3. The zero-order chi connectivity index (χ0) is 22.0. The summed E-state index contributed by atoms with van der Waals surface area (Å²) >= 11 is 0. The van der Waals surface area contributed by atoms with E-state index in [0.29, 0.717) is 25.7 Å². The van der Waals surface area contributed by atoms with Crippen molar-refractivity contribution in [3.8, 4) is 5.75 Å². The fourth-order valence-electron chi connectivity index (χ4n) is 2.62. The number of carbonyl (C=O) groups excluding carboxylic acids is 1. The number of hydrogen-bond donors (Lipinski definition) is 3. The third-order valence-corrected chi connectivity index (χ3v) is 4.12. The van der Waals surface area contributed by atoms with E-state index in [2.05, 4.69) is 20.9 Å². The van der Waals surface area contributed by atoms with Gasteiger partial charge in [-0.3, -0.25) is 9.79 Å². The smallest absolute Gasteiger partial charge is 0.416 e. The second kappa shape index (κ2) is 11.1. The van der Waals surface area contributed by atoms with E-state index < -0.39 is 17.6 Å². The number of nitrogens with zero attached hydrogens (tertiary/aromatic N) is 1. The molecule has 162 valence electrons. The number of guanidine groups is 1. The molecule has 2 aromatic carbocycles. The fourth-order valence-corrected chi connectivity index (χ4v) is 2.62. The zero-order valence-electron chi connectivity index (χ0n) is 16.8. The minimum atomic E-state index is -4.43. The Morgan fingerprint density at radius 1 is 1.00 bits per heavy atom. The highest BCUT2D eigenvalue weighted by Gasteiger charge is 2.30. The summed E-state index contributed by atoms with van der Waals surface area (Å²) in [5.41, 5.74) is 0.359. The molecule has 0 heterocycles. The molecule has 0 aliphatic carbocycles. The van der Waals surface area contributed by atoms with Crippen molar-refractivity contribution in [1.82, 2.24) is 16.0 Å². The normalized spacial score (nSPS) is 11.7. The molecular formula is C21H25F3N4O2. The highest BCUT2D eigenvalue weighted by Crippen LogP contribution is 2.29. The van der Waals surface area contributed by atoms with Gasteiger partial charge in [0.05, 0.1) is 12.2 Å². The van der Waals surface area contributed by atoms with Crippen LogP contribution in [-0.2, 0) is 12.7 Å². The van der Waals surface area contributed by atoms with Crippen LogP contribution in [0, 0.1) is 0 Å². The molecule has 0 spiro atoms. The van der Waals surface area contributed by atoms with Gasteiger partial charge in [0.2, 0.25) is 0 Å². The highest BCUT2D eigenvalue weighted by atomic mass is 19.4. The summed E-state index contributed by atoms with van der Waals surface area (Å²) in [6.45, 7) is 3.66. The molecule has 0 fully saturated rings. The Hall–Kier alpha value is -3.23. The van der Waals surface area contributed by atoms with Crippen molar-refractivity contribution in [2.45, 2.75) is 19.6 Å². The molecule has 3 N–H and O–H groups in total. The van der Waals surface area contributed by atoms with E-state index in [1.807, 2.05) is 31.2 Å². The molecule has 6 nitrogen and oxygen atoms in total. The first kappa shape index (κ1) is 23.1. The van der Waals surface area contributed by atoms with Crippen LogP contribution in [0.4, 0.5) is 13.2 Å². The Labute approximate surface area is 173 Å². The molecular weight excluding hydrogens is 397 g/mol. The van der Waals surface area contributed by atoms with Gasteiger partial charge in [-0.1, -0.05) is 18.2 Å². The SMILES string of the molecule is CCOc1ccccc1CNC(=NC)NCCNC(=O)c1ccc(C(F)(F)F)cc1. The quantitative estimate of drug-likeness (QED) is 0.347. The molecule has 0 bridgehead atoms. The van der Waals surface area contributed by atoms with E-state index in [1.165, 1.54) is 0 Å². The molecule has 0 aromatic heterocycles. The van der Waals surface area contributed by atoms with Crippen molar-refractivity contribution < 1.29 is 22.7 Å². The summed E-state index contributed by atoms with van der Waals surface area (Å²) in [6, 6.07) is 11.8. The summed E-state index contributed by atoms with van der Waals surface area (Å²) in [5, 5.41) is 8.88. The summed E-state index contributed by atoms with van der Waals surface area (Å²) < 4.78 is 43.3. The van der Waals surface area contributed by atoms with Gasteiger partial charge in [0.15, 0.2) is 5.96 Å². The minimum Gasteiger partial charge on any atom is -0.494 e. The largest absolute Gasteiger partial charge is 0.494 e. The van der Waals surface area contributed by atoms with Crippen LogP contribution in [0.15, 0.2) is 53.5 Å². The van der Waals surface area contributed by atoms with Crippen molar-refractivity contribution in [1.29, 1.82) is 0 Å². The summed E-state index contributed by atoms with van der Waals surface area (Å²) in [4.78, 5) is 16.2. The first-order valence-electron chi connectivity index (χ1n) is 9.45. The van der Waals surface area contributed by atoms with Gasteiger partial charge in [0.1, 0.15) is 5.75 Å². The average molecular weight is 422 g/mol. The predicted octanol–water partition coefficient (Wildman–Crippen LogP) is 3.20. The van der Waals surface area contributed by atoms with E-state index in [1.54, 1.807) is 7.05 Å². The van der Waals surface area contributed by atoms with Gasteiger partial charge in [-0.25, -0.2) is 0 Å². The predicted molar refractivity (Wildman–Crippen MR) is 110 cm³/mol. The van der Waals surface area contributed by atoms with Crippen molar-refractivity contribution in [2.75, 3.05) is 26.7 Å². The molecule has 2 rings (SSSR count). The topological polar surface area (TPSA) is 74.8 Å². The number of aliphatic imine (C=N–C) groups is 1. The van der Waals surface area contributed by atoms with E-state index in [9.17, 15) is 18.0 Å². The lowest BCUT2D eigenvalue weighted by Gasteiger charge is -2.14. The van der Waals surface area contributed by atoms with Crippen LogP contribution in [0.25, 0.3) is 0 Å². The Morgan fingerprint density at radius 2 is 1.67 bits per heavy atom. The van der Waals surface area contributed by atoms with Crippen LogP contribution < -0.4 is 20.7 Å².